The largest absolute Gasteiger partial charge is 0.365 e. The predicted molar refractivity (Wildman–Crippen MR) is 114 cm³/mol. The van der Waals surface area contributed by atoms with Crippen molar-refractivity contribution in [1.82, 2.24) is 20.3 Å². The Balaban J connectivity index is 1.17. The van der Waals surface area contributed by atoms with E-state index in [0.717, 1.165) is 50.5 Å². The maximum Gasteiger partial charge on any atom is 0.267 e. The minimum Gasteiger partial charge on any atom is -0.365 e. The molecule has 1 aromatic heterocycles. The molecule has 4 rings (SSSR count). The molecule has 0 bridgehead atoms. The second-order valence-corrected chi connectivity index (χ2v) is 8.58. The molecular weight excluding hydrogens is 382 g/mol. The highest BCUT2D eigenvalue weighted by Gasteiger charge is 2.26. The van der Waals surface area contributed by atoms with Gasteiger partial charge in [-0.25, -0.2) is 15.3 Å². The van der Waals surface area contributed by atoms with Gasteiger partial charge in [0, 0.05) is 44.8 Å². The standard InChI is InChI=1S/C22H33N5O3/c28-21(26-30-22-7-3-4-12-29-22)9-8-18-13-24-20(14-23-18)25-19-10-11-27(16-19)15-17-5-1-2-6-17/h8-9,13-14,17,19,22H,1-7,10-12,15-16H2,(H,24,25)(H,26,28)/b9-8+/t19-,22?/m1/s1. The molecule has 3 heterocycles. The average Bonchev–Trinajstić information content (AvgIpc) is 3.45. The predicted octanol–water partition coefficient (Wildman–Crippen LogP) is 2.74. The van der Waals surface area contributed by atoms with Crippen molar-refractivity contribution < 1.29 is 14.4 Å². The van der Waals surface area contributed by atoms with Gasteiger partial charge in [0.05, 0.1) is 18.1 Å². The number of ether oxygens (including phenoxy) is 1. The lowest BCUT2D eigenvalue weighted by Gasteiger charge is -2.21. The SMILES string of the molecule is O=C(/C=C/c1cnc(N[C@@H]2CCN(CC3CCCC3)C2)cn1)NOC1CCCCO1. The highest BCUT2D eigenvalue weighted by molar-refractivity contribution is 5.90. The summed E-state index contributed by atoms with van der Waals surface area (Å²) in [5.41, 5.74) is 3.02. The van der Waals surface area contributed by atoms with Gasteiger partial charge in [0.2, 0.25) is 0 Å². The fourth-order valence-electron chi connectivity index (χ4n) is 4.51. The third-order valence-corrected chi connectivity index (χ3v) is 6.12. The van der Waals surface area contributed by atoms with Crippen molar-refractivity contribution in [3.63, 3.8) is 0 Å². The van der Waals surface area contributed by atoms with Crippen LogP contribution < -0.4 is 10.8 Å². The zero-order valence-corrected chi connectivity index (χ0v) is 17.6. The van der Waals surface area contributed by atoms with E-state index in [9.17, 15) is 4.79 Å². The molecule has 0 aromatic carbocycles. The molecule has 0 radical (unpaired) electrons. The van der Waals surface area contributed by atoms with Crippen molar-refractivity contribution in [3.05, 3.63) is 24.2 Å². The van der Waals surface area contributed by atoms with Gasteiger partial charge in [-0.15, -0.1) is 0 Å². The number of hydrogen-bond acceptors (Lipinski definition) is 7. The highest BCUT2D eigenvalue weighted by Crippen LogP contribution is 2.27. The van der Waals surface area contributed by atoms with Crippen molar-refractivity contribution in [2.24, 2.45) is 5.92 Å². The molecule has 164 valence electrons. The van der Waals surface area contributed by atoms with Crippen LogP contribution in [0, 0.1) is 5.92 Å². The van der Waals surface area contributed by atoms with Gasteiger partial charge >= 0.3 is 0 Å². The van der Waals surface area contributed by atoms with E-state index in [1.807, 2.05) is 0 Å². The molecule has 8 heteroatoms. The number of hydrogen-bond donors (Lipinski definition) is 2. The number of likely N-dealkylation sites (tertiary alicyclic amines) is 1. The first-order valence-electron chi connectivity index (χ1n) is 11.3. The molecule has 2 atom stereocenters. The lowest BCUT2D eigenvalue weighted by Crippen LogP contribution is -2.32. The summed E-state index contributed by atoms with van der Waals surface area (Å²) in [6.45, 7) is 4.15. The van der Waals surface area contributed by atoms with E-state index < -0.39 is 0 Å². The summed E-state index contributed by atoms with van der Waals surface area (Å²) in [7, 11) is 0. The summed E-state index contributed by atoms with van der Waals surface area (Å²) in [4.78, 5) is 28.5. The molecule has 1 aliphatic carbocycles. The van der Waals surface area contributed by atoms with Crippen LogP contribution in [0.25, 0.3) is 6.08 Å². The quantitative estimate of drug-likeness (QED) is 0.498. The van der Waals surface area contributed by atoms with E-state index >= 15 is 0 Å². The lowest BCUT2D eigenvalue weighted by molar-refractivity contribution is -0.198. The van der Waals surface area contributed by atoms with E-state index in [0.29, 0.717) is 18.3 Å². The first-order valence-corrected chi connectivity index (χ1v) is 11.3. The van der Waals surface area contributed by atoms with Crippen molar-refractivity contribution in [2.75, 3.05) is 31.6 Å². The van der Waals surface area contributed by atoms with E-state index in [4.69, 9.17) is 9.57 Å². The van der Waals surface area contributed by atoms with Crippen LogP contribution in [0.2, 0.25) is 0 Å². The summed E-state index contributed by atoms with van der Waals surface area (Å²) < 4.78 is 5.40. The second-order valence-electron chi connectivity index (χ2n) is 8.58. The van der Waals surface area contributed by atoms with Crippen molar-refractivity contribution >= 4 is 17.8 Å². The summed E-state index contributed by atoms with van der Waals surface area (Å²) >= 11 is 0. The summed E-state index contributed by atoms with van der Waals surface area (Å²) in [5.74, 6) is 1.33. The molecule has 1 saturated carbocycles. The van der Waals surface area contributed by atoms with E-state index in [1.165, 1.54) is 38.3 Å². The monoisotopic (exact) mass is 415 g/mol. The topological polar surface area (TPSA) is 88.6 Å². The van der Waals surface area contributed by atoms with Gasteiger partial charge in [-0.3, -0.25) is 9.78 Å². The number of amides is 1. The normalized spacial score (nSPS) is 25.7. The number of anilines is 1. The lowest BCUT2D eigenvalue weighted by atomic mass is 10.1. The van der Waals surface area contributed by atoms with E-state index in [-0.39, 0.29) is 12.2 Å². The van der Waals surface area contributed by atoms with E-state index in [1.54, 1.807) is 18.5 Å². The number of aromatic nitrogens is 2. The Bertz CT molecular complexity index is 699. The molecule has 2 aliphatic heterocycles. The smallest absolute Gasteiger partial charge is 0.267 e. The third-order valence-electron chi connectivity index (χ3n) is 6.12. The maximum absolute atomic E-state index is 11.9. The Labute approximate surface area is 178 Å². The van der Waals surface area contributed by atoms with Crippen LogP contribution in [0.3, 0.4) is 0 Å². The van der Waals surface area contributed by atoms with Crippen molar-refractivity contribution in [3.8, 4) is 0 Å². The van der Waals surface area contributed by atoms with Crippen LogP contribution in [-0.4, -0.2) is 59.3 Å². The zero-order chi connectivity index (χ0) is 20.6. The number of nitrogens with one attached hydrogen (secondary N) is 2. The minimum atomic E-state index is -0.356. The Morgan fingerprint density at radius 3 is 2.80 bits per heavy atom. The molecule has 2 N–H and O–H groups in total. The number of hydroxylamine groups is 1. The Kier molecular flexibility index (Phi) is 7.66. The number of rotatable bonds is 8. The molecule has 3 fully saturated rings. The molecule has 2 saturated heterocycles. The maximum atomic E-state index is 11.9. The van der Waals surface area contributed by atoms with Crippen LogP contribution in [0.4, 0.5) is 5.82 Å². The Morgan fingerprint density at radius 2 is 2.03 bits per heavy atom. The van der Waals surface area contributed by atoms with Crippen molar-refractivity contribution in [2.45, 2.75) is 63.7 Å². The second kappa shape index (κ2) is 10.8. The fraction of sp³-hybridized carbons (Fsp3) is 0.682. The fourth-order valence-corrected chi connectivity index (χ4v) is 4.51. The molecular formula is C22H33N5O3. The molecule has 30 heavy (non-hydrogen) atoms. The summed E-state index contributed by atoms with van der Waals surface area (Å²) in [6, 6.07) is 0.423. The zero-order valence-electron chi connectivity index (χ0n) is 17.6. The van der Waals surface area contributed by atoms with Gasteiger partial charge < -0.3 is 15.0 Å². The molecule has 1 amide bonds. The number of carbonyl (C=O) groups is 1. The molecule has 1 aromatic rings. The summed E-state index contributed by atoms with van der Waals surface area (Å²) in [5, 5.41) is 3.49. The van der Waals surface area contributed by atoms with Crippen LogP contribution in [-0.2, 0) is 14.4 Å². The molecule has 1 unspecified atom stereocenters. The van der Waals surface area contributed by atoms with Crippen LogP contribution in [0.1, 0.15) is 57.1 Å². The van der Waals surface area contributed by atoms with Crippen molar-refractivity contribution in [1.29, 1.82) is 0 Å². The van der Waals surface area contributed by atoms with Gasteiger partial charge in [-0.05, 0) is 44.1 Å². The molecule has 3 aliphatic rings. The highest BCUT2D eigenvalue weighted by atomic mass is 16.8. The van der Waals surface area contributed by atoms with E-state index in [2.05, 4.69) is 25.7 Å². The van der Waals surface area contributed by atoms with Gasteiger partial charge in [-0.2, -0.15) is 0 Å². The first kappa shape index (κ1) is 21.2. The van der Waals surface area contributed by atoms with Gasteiger partial charge in [0.1, 0.15) is 5.82 Å². The average molecular weight is 416 g/mol. The van der Waals surface area contributed by atoms with Gasteiger partial charge in [0.25, 0.3) is 5.91 Å². The molecule has 0 spiro atoms. The summed E-state index contributed by atoms with van der Waals surface area (Å²) in [6.07, 6.45) is 15.7. The Hall–Kier alpha value is -2.03. The van der Waals surface area contributed by atoms with Crippen LogP contribution >= 0.6 is 0 Å². The first-order chi connectivity index (χ1) is 14.7. The van der Waals surface area contributed by atoms with Crippen LogP contribution in [0.15, 0.2) is 18.5 Å². The van der Waals surface area contributed by atoms with Crippen LogP contribution in [0.5, 0.6) is 0 Å². The number of carbonyl (C=O) groups excluding carboxylic acids is 1. The number of nitrogens with zero attached hydrogens (tertiary/aromatic N) is 3. The third kappa shape index (κ3) is 6.48. The van der Waals surface area contributed by atoms with Gasteiger partial charge in [0.15, 0.2) is 6.29 Å². The molecule has 8 nitrogen and oxygen atoms in total. The van der Waals surface area contributed by atoms with Gasteiger partial charge in [-0.1, -0.05) is 12.8 Å². The minimum absolute atomic E-state index is 0.346. The Morgan fingerprint density at radius 1 is 1.17 bits per heavy atom.